The molecule has 0 heterocycles. The minimum absolute atomic E-state index is 0.0307. The van der Waals surface area contributed by atoms with Crippen LogP contribution < -0.4 is 0 Å². The van der Waals surface area contributed by atoms with Gasteiger partial charge in [0.1, 0.15) is 6.61 Å². The average molecular weight is 408 g/mol. The number of rotatable bonds is 24. The van der Waals surface area contributed by atoms with Crippen LogP contribution in [0.2, 0.25) is 0 Å². The van der Waals surface area contributed by atoms with Crippen molar-refractivity contribution in [2.75, 3.05) is 112 Å². The average Bonchev–Trinajstić information content (AvgIpc) is 2.71. The number of ether oxygens (including phenoxy) is 8. The molecule has 166 valence electrons. The Morgan fingerprint density at radius 3 is 0.929 bits per heavy atom. The smallest absolute Gasteiger partial charge is 0.107 e. The molecule has 0 saturated carbocycles. The second-order valence-corrected chi connectivity index (χ2v) is 5.27. The molecule has 9 heteroatoms. The van der Waals surface area contributed by atoms with E-state index >= 15 is 0 Å². The zero-order valence-electron chi connectivity index (χ0n) is 16.8. The van der Waals surface area contributed by atoms with E-state index in [1.165, 1.54) is 0 Å². The van der Waals surface area contributed by atoms with E-state index in [2.05, 4.69) is 5.92 Å². The predicted molar refractivity (Wildman–Crippen MR) is 102 cm³/mol. The maximum Gasteiger partial charge on any atom is 0.107 e. The Bertz CT molecular complexity index is 323. The van der Waals surface area contributed by atoms with E-state index in [4.69, 9.17) is 49.4 Å². The van der Waals surface area contributed by atoms with Gasteiger partial charge in [-0.15, -0.1) is 6.42 Å². The van der Waals surface area contributed by atoms with E-state index in [0.29, 0.717) is 106 Å². The van der Waals surface area contributed by atoms with Crippen molar-refractivity contribution in [2.45, 2.75) is 0 Å². The molecule has 0 spiro atoms. The maximum absolute atomic E-state index is 8.52. The summed E-state index contributed by atoms with van der Waals surface area (Å²) in [4.78, 5) is 0. The van der Waals surface area contributed by atoms with Crippen LogP contribution in [-0.4, -0.2) is 117 Å². The van der Waals surface area contributed by atoms with E-state index in [-0.39, 0.29) is 6.61 Å². The molecule has 0 rings (SSSR count). The lowest BCUT2D eigenvalue weighted by Crippen LogP contribution is -2.15. The lowest BCUT2D eigenvalue weighted by molar-refractivity contribution is -0.0233. The molecule has 0 radical (unpaired) electrons. The summed E-state index contributed by atoms with van der Waals surface area (Å²) in [7, 11) is 0. The molecule has 9 nitrogen and oxygen atoms in total. The molecule has 0 aliphatic heterocycles. The molecule has 0 aromatic carbocycles. The molecular weight excluding hydrogens is 372 g/mol. The zero-order chi connectivity index (χ0) is 20.4. The van der Waals surface area contributed by atoms with Crippen LogP contribution in [-0.2, 0) is 37.9 Å². The second kappa shape index (κ2) is 26.2. The number of hydrogen-bond acceptors (Lipinski definition) is 9. The van der Waals surface area contributed by atoms with Crippen molar-refractivity contribution < 1.29 is 43.0 Å². The first kappa shape index (κ1) is 27.2. The van der Waals surface area contributed by atoms with Crippen molar-refractivity contribution >= 4 is 0 Å². The second-order valence-electron chi connectivity index (χ2n) is 5.27. The molecule has 0 unspecified atom stereocenters. The van der Waals surface area contributed by atoms with Crippen LogP contribution in [0, 0.1) is 12.3 Å². The third-order valence-corrected chi connectivity index (χ3v) is 3.03. The Balaban J connectivity index is 2.97. The molecule has 0 saturated heterocycles. The fourth-order valence-corrected chi connectivity index (χ4v) is 1.74. The Morgan fingerprint density at radius 2 is 0.679 bits per heavy atom. The highest BCUT2D eigenvalue weighted by Crippen LogP contribution is 1.85. The first-order valence-electron chi connectivity index (χ1n) is 9.58. The van der Waals surface area contributed by atoms with Crippen molar-refractivity contribution in [3.05, 3.63) is 0 Å². The van der Waals surface area contributed by atoms with Gasteiger partial charge in [-0.1, -0.05) is 5.92 Å². The van der Waals surface area contributed by atoms with Gasteiger partial charge in [-0.3, -0.25) is 0 Å². The van der Waals surface area contributed by atoms with Gasteiger partial charge >= 0.3 is 0 Å². The Labute approximate surface area is 168 Å². The third kappa shape index (κ3) is 25.2. The summed E-state index contributed by atoms with van der Waals surface area (Å²) < 4.78 is 42.2. The Hall–Kier alpha value is -0.800. The normalized spacial score (nSPS) is 11.0. The van der Waals surface area contributed by atoms with Gasteiger partial charge in [-0.25, -0.2) is 0 Å². The van der Waals surface area contributed by atoms with Gasteiger partial charge in [0.05, 0.1) is 106 Å². The monoisotopic (exact) mass is 408 g/mol. The van der Waals surface area contributed by atoms with Crippen molar-refractivity contribution in [2.24, 2.45) is 0 Å². The highest BCUT2D eigenvalue weighted by Gasteiger charge is 1.94. The first-order valence-corrected chi connectivity index (χ1v) is 9.58. The Morgan fingerprint density at radius 1 is 0.429 bits per heavy atom. The van der Waals surface area contributed by atoms with E-state index in [1.807, 2.05) is 0 Å². The summed E-state index contributed by atoms with van der Waals surface area (Å²) in [5.41, 5.74) is 0. The molecule has 0 fully saturated rings. The maximum atomic E-state index is 8.52. The molecular formula is C19H36O9. The standard InChI is InChI=1S/C19H36O9/c1-2-4-21-6-8-23-10-12-25-14-16-27-18-19-28-17-15-26-13-11-24-9-7-22-5-3-20/h1,20H,3-19H2. The quantitative estimate of drug-likeness (QED) is 0.171. The van der Waals surface area contributed by atoms with Crippen LogP contribution in [0.5, 0.6) is 0 Å². The fraction of sp³-hybridized carbons (Fsp3) is 0.895. The summed E-state index contributed by atoms with van der Waals surface area (Å²) in [6.07, 6.45) is 5.05. The zero-order valence-corrected chi connectivity index (χ0v) is 16.8. The van der Waals surface area contributed by atoms with Gasteiger partial charge in [-0.2, -0.15) is 0 Å². The van der Waals surface area contributed by atoms with Gasteiger partial charge in [-0.05, 0) is 0 Å². The lowest BCUT2D eigenvalue weighted by Gasteiger charge is -2.08. The van der Waals surface area contributed by atoms with Crippen LogP contribution in [0.4, 0.5) is 0 Å². The number of terminal acetylenes is 1. The molecule has 0 atom stereocenters. The van der Waals surface area contributed by atoms with Gasteiger partial charge in [0.25, 0.3) is 0 Å². The van der Waals surface area contributed by atoms with Crippen LogP contribution in [0.1, 0.15) is 0 Å². The molecule has 0 aliphatic carbocycles. The number of aliphatic hydroxyl groups is 1. The highest BCUT2D eigenvalue weighted by atomic mass is 16.6. The Kier molecular flexibility index (Phi) is 25.5. The van der Waals surface area contributed by atoms with Crippen molar-refractivity contribution in [3.8, 4) is 12.3 Å². The summed E-state index contributed by atoms with van der Waals surface area (Å²) in [6.45, 7) is 7.82. The largest absolute Gasteiger partial charge is 0.394 e. The summed E-state index contributed by atoms with van der Waals surface area (Å²) in [5.74, 6) is 2.39. The molecule has 28 heavy (non-hydrogen) atoms. The van der Waals surface area contributed by atoms with Crippen molar-refractivity contribution in [3.63, 3.8) is 0 Å². The van der Waals surface area contributed by atoms with Crippen LogP contribution in [0.15, 0.2) is 0 Å². The highest BCUT2D eigenvalue weighted by molar-refractivity contribution is 4.82. The van der Waals surface area contributed by atoms with Gasteiger partial charge in [0.2, 0.25) is 0 Å². The molecule has 0 aromatic heterocycles. The minimum Gasteiger partial charge on any atom is -0.394 e. The van der Waals surface area contributed by atoms with E-state index < -0.39 is 0 Å². The van der Waals surface area contributed by atoms with Crippen LogP contribution in [0.3, 0.4) is 0 Å². The van der Waals surface area contributed by atoms with Gasteiger partial charge in [0.15, 0.2) is 0 Å². The van der Waals surface area contributed by atoms with Gasteiger partial charge < -0.3 is 43.0 Å². The molecule has 0 aromatic rings. The van der Waals surface area contributed by atoms with E-state index in [0.717, 1.165) is 0 Å². The van der Waals surface area contributed by atoms with Crippen molar-refractivity contribution in [1.29, 1.82) is 0 Å². The number of hydrogen-bond donors (Lipinski definition) is 1. The van der Waals surface area contributed by atoms with E-state index in [9.17, 15) is 0 Å². The molecule has 0 bridgehead atoms. The number of aliphatic hydroxyl groups excluding tert-OH is 1. The summed E-state index contributed by atoms with van der Waals surface area (Å²) in [5, 5.41) is 8.52. The van der Waals surface area contributed by atoms with Crippen molar-refractivity contribution in [1.82, 2.24) is 0 Å². The third-order valence-electron chi connectivity index (χ3n) is 3.03. The first-order chi connectivity index (χ1) is 13.9. The van der Waals surface area contributed by atoms with Crippen LogP contribution in [0.25, 0.3) is 0 Å². The topological polar surface area (TPSA) is 94.1 Å². The summed E-state index contributed by atoms with van der Waals surface area (Å²) >= 11 is 0. The van der Waals surface area contributed by atoms with Crippen LogP contribution >= 0.6 is 0 Å². The SMILES string of the molecule is C#CCOCCOCCOCCOCCOCCOCCOCCOCCO. The minimum atomic E-state index is 0.0307. The predicted octanol–water partition coefficient (Wildman–Crippen LogP) is -0.255. The lowest BCUT2D eigenvalue weighted by atomic mass is 10.6. The molecule has 0 aliphatic rings. The molecule has 0 amide bonds. The van der Waals surface area contributed by atoms with E-state index in [1.54, 1.807) is 0 Å². The molecule has 1 N–H and O–H groups in total. The summed E-state index contributed by atoms with van der Waals surface area (Å²) in [6, 6.07) is 0. The van der Waals surface area contributed by atoms with Gasteiger partial charge in [0, 0.05) is 0 Å². The fourth-order valence-electron chi connectivity index (χ4n) is 1.74.